The first kappa shape index (κ1) is 16.7. The van der Waals surface area contributed by atoms with E-state index < -0.39 is 0 Å². The Labute approximate surface area is 154 Å². The van der Waals surface area contributed by atoms with E-state index in [-0.39, 0.29) is 11.5 Å². The van der Waals surface area contributed by atoms with Gasteiger partial charge >= 0.3 is 0 Å². The number of carbonyl (C=O) groups excluding carboxylic acids is 1. The molecule has 27 heavy (non-hydrogen) atoms. The van der Waals surface area contributed by atoms with Crippen molar-refractivity contribution in [3.8, 4) is 16.9 Å². The number of aromatic nitrogens is 4. The van der Waals surface area contributed by atoms with E-state index >= 15 is 0 Å². The Hall–Kier alpha value is -3.74. The average molecular weight is 359 g/mol. The van der Waals surface area contributed by atoms with Gasteiger partial charge in [0, 0.05) is 25.2 Å². The number of hydrogen-bond donors (Lipinski definition) is 1. The van der Waals surface area contributed by atoms with Crippen LogP contribution >= 0.6 is 0 Å². The number of hydrogen-bond acceptors (Lipinski definition) is 4. The third-order valence-corrected chi connectivity index (χ3v) is 4.31. The van der Waals surface area contributed by atoms with Gasteiger partial charge in [0.05, 0.1) is 17.4 Å². The van der Waals surface area contributed by atoms with Crippen LogP contribution in [0.25, 0.3) is 27.8 Å². The van der Waals surface area contributed by atoms with E-state index in [0.29, 0.717) is 16.8 Å². The molecule has 0 fully saturated rings. The van der Waals surface area contributed by atoms with Crippen LogP contribution in [0.5, 0.6) is 0 Å². The van der Waals surface area contributed by atoms with Crippen molar-refractivity contribution in [2.45, 2.75) is 0 Å². The molecule has 0 atom stereocenters. The molecule has 2 aromatic heterocycles. The number of fused-ring (bicyclic) bond motifs is 1. The summed E-state index contributed by atoms with van der Waals surface area (Å²) in [5, 5.41) is 9.17. The highest BCUT2D eigenvalue weighted by atomic mass is 16.2. The summed E-state index contributed by atoms with van der Waals surface area (Å²) in [5.41, 5.74) is 2.85. The topological polar surface area (TPSA) is 83.9 Å². The minimum absolute atomic E-state index is 0.0662. The Kier molecular flexibility index (Phi) is 4.04. The molecule has 1 amide bonds. The number of rotatable bonds is 3. The van der Waals surface area contributed by atoms with Gasteiger partial charge in [-0.15, -0.1) is 5.10 Å². The summed E-state index contributed by atoms with van der Waals surface area (Å²) in [6.45, 7) is 0. The largest absolute Gasteiger partial charge is 0.345 e. The van der Waals surface area contributed by atoms with Crippen LogP contribution in [0.1, 0.15) is 10.4 Å². The van der Waals surface area contributed by atoms with E-state index in [2.05, 4.69) is 15.3 Å². The van der Waals surface area contributed by atoms with Crippen molar-refractivity contribution in [3.05, 3.63) is 76.7 Å². The lowest BCUT2D eigenvalue weighted by Gasteiger charge is -2.10. The van der Waals surface area contributed by atoms with Crippen molar-refractivity contribution in [1.82, 2.24) is 24.9 Å². The van der Waals surface area contributed by atoms with Gasteiger partial charge in [-0.3, -0.25) is 9.59 Å². The predicted molar refractivity (Wildman–Crippen MR) is 103 cm³/mol. The van der Waals surface area contributed by atoms with Crippen LogP contribution in [0.3, 0.4) is 0 Å². The Morgan fingerprint density at radius 3 is 2.56 bits per heavy atom. The van der Waals surface area contributed by atoms with Gasteiger partial charge in [-0.1, -0.05) is 23.4 Å². The number of carbonyl (C=O) groups is 1. The Balaban J connectivity index is 1.69. The monoisotopic (exact) mass is 359 g/mol. The fraction of sp³-hybridized carbons (Fsp3) is 0.100. The van der Waals surface area contributed by atoms with Crippen LogP contribution in [0.15, 0.2) is 65.6 Å². The summed E-state index contributed by atoms with van der Waals surface area (Å²) in [4.78, 5) is 28.8. The van der Waals surface area contributed by atoms with Crippen molar-refractivity contribution in [2.24, 2.45) is 0 Å². The third kappa shape index (κ3) is 3.10. The van der Waals surface area contributed by atoms with Crippen molar-refractivity contribution in [1.29, 1.82) is 0 Å². The van der Waals surface area contributed by atoms with Crippen LogP contribution in [0, 0.1) is 0 Å². The predicted octanol–water partition coefficient (Wildman–Crippen LogP) is 2.48. The Morgan fingerprint density at radius 2 is 1.81 bits per heavy atom. The number of amides is 1. The molecule has 7 nitrogen and oxygen atoms in total. The summed E-state index contributed by atoms with van der Waals surface area (Å²) >= 11 is 0. The number of pyridine rings is 1. The second-order valence-corrected chi connectivity index (χ2v) is 6.39. The number of H-pyrrole nitrogens is 1. The van der Waals surface area contributed by atoms with Gasteiger partial charge in [0.1, 0.15) is 5.69 Å². The molecule has 0 radical (unpaired) electrons. The Bertz CT molecular complexity index is 1190. The van der Waals surface area contributed by atoms with E-state index in [1.807, 2.05) is 24.3 Å². The molecule has 0 aliphatic rings. The molecule has 0 aliphatic heterocycles. The molecule has 2 aromatic carbocycles. The van der Waals surface area contributed by atoms with Gasteiger partial charge in [-0.2, -0.15) is 0 Å². The lowest BCUT2D eigenvalue weighted by atomic mass is 10.1. The molecule has 0 saturated heterocycles. The highest BCUT2D eigenvalue weighted by molar-refractivity contribution is 5.94. The van der Waals surface area contributed by atoms with Gasteiger partial charge in [0.25, 0.3) is 11.5 Å². The van der Waals surface area contributed by atoms with Crippen LogP contribution in [0.4, 0.5) is 0 Å². The number of aromatic amines is 1. The minimum atomic E-state index is -0.215. The summed E-state index contributed by atoms with van der Waals surface area (Å²) in [5.74, 6) is -0.0662. The summed E-state index contributed by atoms with van der Waals surface area (Å²) in [6, 6.07) is 16.4. The second kappa shape index (κ2) is 6.53. The van der Waals surface area contributed by atoms with Gasteiger partial charge in [-0.05, 0) is 41.8 Å². The van der Waals surface area contributed by atoms with Gasteiger partial charge in [0.15, 0.2) is 0 Å². The van der Waals surface area contributed by atoms with E-state index in [0.717, 1.165) is 16.6 Å². The standard InChI is InChI=1S/C20H17N5O2/c1-24(2)20(27)13-7-9-15(10-8-13)25-12-18(22-23-25)16-11-14-5-3-4-6-17(14)21-19(16)26/h3-12H,1-2H3,(H,21,26). The van der Waals surface area contributed by atoms with Gasteiger partial charge in [0.2, 0.25) is 0 Å². The highest BCUT2D eigenvalue weighted by Gasteiger charge is 2.12. The first-order valence-corrected chi connectivity index (χ1v) is 8.40. The third-order valence-electron chi connectivity index (χ3n) is 4.31. The van der Waals surface area contributed by atoms with Crippen molar-refractivity contribution >= 4 is 16.8 Å². The minimum Gasteiger partial charge on any atom is -0.345 e. The summed E-state index contributed by atoms with van der Waals surface area (Å²) in [6.07, 6.45) is 1.70. The van der Waals surface area contributed by atoms with Crippen LogP contribution in [0.2, 0.25) is 0 Å². The molecule has 0 bridgehead atoms. The van der Waals surface area contributed by atoms with E-state index in [1.165, 1.54) is 4.90 Å². The lowest BCUT2D eigenvalue weighted by molar-refractivity contribution is 0.0827. The molecular weight excluding hydrogens is 342 g/mol. The summed E-state index contributed by atoms with van der Waals surface area (Å²) < 4.78 is 1.58. The van der Waals surface area contributed by atoms with Gasteiger partial charge in [-0.25, -0.2) is 4.68 Å². The van der Waals surface area contributed by atoms with Crippen LogP contribution in [-0.2, 0) is 0 Å². The fourth-order valence-corrected chi connectivity index (χ4v) is 2.87. The van der Waals surface area contributed by atoms with E-state index in [4.69, 9.17) is 0 Å². The molecule has 0 unspecified atom stereocenters. The number of nitrogens with one attached hydrogen (secondary N) is 1. The van der Waals surface area contributed by atoms with Crippen molar-refractivity contribution < 1.29 is 4.79 Å². The first-order chi connectivity index (χ1) is 13.0. The molecule has 134 valence electrons. The molecule has 0 spiro atoms. The van der Waals surface area contributed by atoms with Crippen molar-refractivity contribution in [2.75, 3.05) is 14.1 Å². The molecule has 2 heterocycles. The first-order valence-electron chi connectivity index (χ1n) is 8.40. The maximum absolute atomic E-state index is 12.4. The molecule has 7 heteroatoms. The molecule has 4 rings (SSSR count). The van der Waals surface area contributed by atoms with E-state index in [9.17, 15) is 9.59 Å². The molecule has 0 saturated carbocycles. The van der Waals surface area contributed by atoms with Crippen LogP contribution < -0.4 is 5.56 Å². The lowest BCUT2D eigenvalue weighted by Crippen LogP contribution is -2.21. The maximum atomic E-state index is 12.4. The molecule has 0 aliphatic carbocycles. The fourth-order valence-electron chi connectivity index (χ4n) is 2.87. The zero-order valence-electron chi connectivity index (χ0n) is 14.9. The Morgan fingerprint density at radius 1 is 1.07 bits per heavy atom. The van der Waals surface area contributed by atoms with Gasteiger partial charge < -0.3 is 9.88 Å². The SMILES string of the molecule is CN(C)C(=O)c1ccc(-n2cc(-c3cc4ccccc4[nH]c3=O)nn2)cc1. The maximum Gasteiger partial charge on any atom is 0.258 e. The van der Waals surface area contributed by atoms with E-state index in [1.54, 1.807) is 55.3 Å². The zero-order valence-corrected chi connectivity index (χ0v) is 14.9. The van der Waals surface area contributed by atoms with Crippen molar-refractivity contribution in [3.63, 3.8) is 0 Å². The quantitative estimate of drug-likeness (QED) is 0.609. The normalized spacial score (nSPS) is 10.9. The molecule has 1 N–H and O–H groups in total. The number of benzene rings is 2. The van der Waals surface area contributed by atoms with Crippen LogP contribution in [-0.4, -0.2) is 44.9 Å². The second-order valence-electron chi connectivity index (χ2n) is 6.39. The molecular formula is C20H17N5O2. The summed E-state index contributed by atoms with van der Waals surface area (Å²) in [7, 11) is 3.42. The number of para-hydroxylation sites is 1. The molecule has 4 aromatic rings. The smallest absolute Gasteiger partial charge is 0.258 e. The zero-order chi connectivity index (χ0) is 19.0. The highest BCUT2D eigenvalue weighted by Crippen LogP contribution is 2.19. The number of nitrogens with zero attached hydrogens (tertiary/aromatic N) is 4. The average Bonchev–Trinajstić information content (AvgIpc) is 3.17.